The second-order valence-electron chi connectivity index (χ2n) is 6.01. The van der Waals surface area contributed by atoms with Crippen LogP contribution in [0.2, 0.25) is 0 Å². The molecule has 3 N–H and O–H groups in total. The van der Waals surface area contributed by atoms with Gasteiger partial charge in [0.1, 0.15) is 0 Å². The van der Waals surface area contributed by atoms with E-state index in [1.165, 1.54) is 6.42 Å². The molecule has 0 radical (unpaired) electrons. The van der Waals surface area contributed by atoms with Crippen molar-refractivity contribution >= 4 is 10.0 Å². The van der Waals surface area contributed by atoms with Crippen molar-refractivity contribution in [3.8, 4) is 0 Å². The minimum Gasteiger partial charge on any atom is -0.329 e. The highest BCUT2D eigenvalue weighted by atomic mass is 32.2. The fraction of sp³-hybridized carbons (Fsp3) is 1.00. The molecule has 2 unspecified atom stereocenters. The molecule has 17 heavy (non-hydrogen) atoms. The van der Waals surface area contributed by atoms with Gasteiger partial charge in [-0.3, -0.25) is 0 Å². The van der Waals surface area contributed by atoms with Gasteiger partial charge in [-0.15, -0.1) is 0 Å². The van der Waals surface area contributed by atoms with E-state index in [2.05, 4.69) is 11.6 Å². The van der Waals surface area contributed by atoms with Crippen molar-refractivity contribution in [3.63, 3.8) is 0 Å². The van der Waals surface area contributed by atoms with Crippen molar-refractivity contribution in [1.29, 1.82) is 0 Å². The maximum absolute atomic E-state index is 12.1. The molecule has 5 heteroatoms. The van der Waals surface area contributed by atoms with Crippen LogP contribution >= 0.6 is 0 Å². The lowest BCUT2D eigenvalue weighted by atomic mass is 9.77. The van der Waals surface area contributed by atoms with Gasteiger partial charge in [-0.25, -0.2) is 13.1 Å². The van der Waals surface area contributed by atoms with Crippen molar-refractivity contribution in [2.75, 3.05) is 12.3 Å². The van der Waals surface area contributed by atoms with Crippen LogP contribution in [0.4, 0.5) is 0 Å². The lowest BCUT2D eigenvalue weighted by molar-refractivity contribution is 0.223. The Kier molecular flexibility index (Phi) is 3.80. The standard InChI is InChI=1S/C12H24N2O2S/c1-10-3-2-6-12(7-10,9-13)14-17(15,16)8-11-4-5-11/h10-11,14H,2-9,13H2,1H3. The number of nitrogens with one attached hydrogen (secondary N) is 1. The summed E-state index contributed by atoms with van der Waals surface area (Å²) in [5.74, 6) is 1.25. The van der Waals surface area contributed by atoms with Crippen LogP contribution < -0.4 is 10.5 Å². The quantitative estimate of drug-likeness (QED) is 0.781. The van der Waals surface area contributed by atoms with Crippen LogP contribution in [-0.2, 0) is 10.0 Å². The predicted octanol–water partition coefficient (Wildman–Crippen LogP) is 1.22. The third kappa shape index (κ3) is 3.66. The van der Waals surface area contributed by atoms with Gasteiger partial charge in [-0.2, -0.15) is 0 Å². The molecule has 2 atom stereocenters. The highest BCUT2D eigenvalue weighted by Gasteiger charge is 2.38. The summed E-state index contributed by atoms with van der Waals surface area (Å²) in [4.78, 5) is 0. The first-order valence-electron chi connectivity index (χ1n) is 6.66. The zero-order valence-electron chi connectivity index (χ0n) is 10.6. The van der Waals surface area contributed by atoms with Crippen LogP contribution in [0.15, 0.2) is 0 Å². The molecule has 0 spiro atoms. The second-order valence-corrected chi connectivity index (χ2v) is 7.78. The molecular weight excluding hydrogens is 236 g/mol. The molecule has 0 heterocycles. The summed E-state index contributed by atoms with van der Waals surface area (Å²) in [5.41, 5.74) is 5.46. The minimum atomic E-state index is -3.14. The maximum atomic E-state index is 12.1. The van der Waals surface area contributed by atoms with E-state index in [-0.39, 0.29) is 5.54 Å². The first kappa shape index (κ1) is 13.3. The van der Waals surface area contributed by atoms with Crippen LogP contribution in [0.1, 0.15) is 45.4 Å². The zero-order valence-corrected chi connectivity index (χ0v) is 11.4. The fourth-order valence-corrected chi connectivity index (χ4v) is 4.91. The molecule has 2 aliphatic rings. The van der Waals surface area contributed by atoms with Gasteiger partial charge in [0.25, 0.3) is 0 Å². The summed E-state index contributed by atoms with van der Waals surface area (Å²) < 4.78 is 27.0. The van der Waals surface area contributed by atoms with Crippen LogP contribution in [0.3, 0.4) is 0 Å². The molecule has 2 saturated carbocycles. The van der Waals surface area contributed by atoms with E-state index in [9.17, 15) is 8.42 Å². The fourth-order valence-electron chi connectivity index (χ4n) is 2.95. The normalized spacial score (nSPS) is 34.8. The van der Waals surface area contributed by atoms with Gasteiger partial charge in [-0.1, -0.05) is 19.8 Å². The molecule has 0 aromatic heterocycles. The molecule has 2 rings (SSSR count). The van der Waals surface area contributed by atoms with Gasteiger partial charge in [0.05, 0.1) is 5.75 Å². The zero-order chi connectivity index (χ0) is 12.5. The molecule has 0 aromatic rings. The van der Waals surface area contributed by atoms with E-state index in [4.69, 9.17) is 5.73 Å². The largest absolute Gasteiger partial charge is 0.329 e. The SMILES string of the molecule is CC1CCCC(CN)(NS(=O)(=O)CC2CC2)C1. The molecule has 2 fully saturated rings. The predicted molar refractivity (Wildman–Crippen MR) is 69.1 cm³/mol. The number of hydrogen-bond acceptors (Lipinski definition) is 3. The van der Waals surface area contributed by atoms with Gasteiger partial charge in [0.2, 0.25) is 10.0 Å². The van der Waals surface area contributed by atoms with Crippen molar-refractivity contribution in [3.05, 3.63) is 0 Å². The van der Waals surface area contributed by atoms with Crippen LogP contribution in [0.25, 0.3) is 0 Å². The average molecular weight is 260 g/mol. The number of hydrogen-bond donors (Lipinski definition) is 2. The highest BCUT2D eigenvalue weighted by Crippen LogP contribution is 2.34. The minimum absolute atomic E-state index is 0.295. The van der Waals surface area contributed by atoms with Gasteiger partial charge in [0, 0.05) is 12.1 Å². The number of rotatable bonds is 5. The lowest BCUT2D eigenvalue weighted by Crippen LogP contribution is -2.56. The first-order valence-corrected chi connectivity index (χ1v) is 8.32. The van der Waals surface area contributed by atoms with E-state index >= 15 is 0 Å². The Bertz CT molecular complexity index is 365. The summed E-state index contributed by atoms with van der Waals surface area (Å²) in [6, 6.07) is 0. The molecule has 2 aliphatic carbocycles. The molecule has 0 saturated heterocycles. The third-order valence-electron chi connectivity index (χ3n) is 4.01. The van der Waals surface area contributed by atoms with Crippen molar-refractivity contribution in [2.24, 2.45) is 17.6 Å². The first-order chi connectivity index (χ1) is 7.95. The van der Waals surface area contributed by atoms with E-state index in [1.807, 2.05) is 0 Å². The molecule has 0 aromatic carbocycles. The Morgan fingerprint density at radius 1 is 1.35 bits per heavy atom. The lowest BCUT2D eigenvalue weighted by Gasteiger charge is -2.39. The van der Waals surface area contributed by atoms with E-state index in [1.54, 1.807) is 0 Å². The summed E-state index contributed by atoms with van der Waals surface area (Å²) in [7, 11) is -3.14. The molecule has 0 amide bonds. The second kappa shape index (κ2) is 4.86. The van der Waals surface area contributed by atoms with Gasteiger partial charge < -0.3 is 5.73 Å². The van der Waals surface area contributed by atoms with Crippen LogP contribution in [0, 0.1) is 11.8 Å². The van der Waals surface area contributed by atoms with Crippen molar-refractivity contribution in [2.45, 2.75) is 51.0 Å². The molecule has 0 bridgehead atoms. The Hall–Kier alpha value is -0.130. The Morgan fingerprint density at radius 3 is 2.59 bits per heavy atom. The summed E-state index contributed by atoms with van der Waals surface area (Å²) in [5, 5.41) is 0. The summed E-state index contributed by atoms with van der Waals surface area (Å²) in [6.45, 7) is 2.60. The van der Waals surface area contributed by atoms with Gasteiger partial charge >= 0.3 is 0 Å². The van der Waals surface area contributed by atoms with E-state index < -0.39 is 10.0 Å². The topological polar surface area (TPSA) is 72.2 Å². The maximum Gasteiger partial charge on any atom is 0.212 e. The van der Waals surface area contributed by atoms with E-state index in [0.717, 1.165) is 32.1 Å². The monoisotopic (exact) mass is 260 g/mol. The Balaban J connectivity index is 2.02. The highest BCUT2D eigenvalue weighted by molar-refractivity contribution is 7.89. The van der Waals surface area contributed by atoms with Gasteiger partial charge in [-0.05, 0) is 37.5 Å². The number of sulfonamides is 1. The average Bonchev–Trinajstić information content (AvgIpc) is 3.00. The van der Waals surface area contributed by atoms with Crippen LogP contribution in [0.5, 0.6) is 0 Å². The van der Waals surface area contributed by atoms with Crippen molar-refractivity contribution < 1.29 is 8.42 Å². The molecule has 0 aliphatic heterocycles. The van der Waals surface area contributed by atoms with Gasteiger partial charge in [0.15, 0.2) is 0 Å². The Morgan fingerprint density at radius 2 is 2.06 bits per heavy atom. The van der Waals surface area contributed by atoms with Crippen LogP contribution in [-0.4, -0.2) is 26.3 Å². The molecule has 4 nitrogen and oxygen atoms in total. The number of nitrogens with two attached hydrogens (primary N) is 1. The smallest absolute Gasteiger partial charge is 0.212 e. The third-order valence-corrected chi connectivity index (χ3v) is 5.66. The molecule has 100 valence electrons. The molecular formula is C12H24N2O2S. The summed E-state index contributed by atoms with van der Waals surface area (Å²) in [6.07, 6.45) is 6.15. The summed E-state index contributed by atoms with van der Waals surface area (Å²) >= 11 is 0. The van der Waals surface area contributed by atoms with Crippen molar-refractivity contribution in [1.82, 2.24) is 4.72 Å². The van der Waals surface area contributed by atoms with E-state index in [0.29, 0.717) is 24.1 Å². The Labute approximate surface area is 104 Å².